The molecule has 4 nitrogen and oxygen atoms in total. The van der Waals surface area contributed by atoms with Crippen LogP contribution in [0.1, 0.15) is 27.7 Å². The highest BCUT2D eigenvalue weighted by atomic mass is 79.9. The normalized spacial score (nSPS) is 12.5. The lowest BCUT2D eigenvalue weighted by molar-refractivity contribution is -0.128. The van der Waals surface area contributed by atoms with Crippen LogP contribution in [-0.4, -0.2) is 49.7 Å². The Labute approximate surface area is 142 Å². The van der Waals surface area contributed by atoms with Crippen LogP contribution in [0.25, 0.3) is 0 Å². The quantitative estimate of drug-likeness (QED) is 0.666. The first-order chi connectivity index (χ1) is 10.5. The Morgan fingerprint density at radius 3 is 2.45 bits per heavy atom. The van der Waals surface area contributed by atoms with E-state index < -0.39 is 6.10 Å². The van der Waals surface area contributed by atoms with E-state index in [1.165, 1.54) is 0 Å². The van der Waals surface area contributed by atoms with Crippen LogP contribution in [0.15, 0.2) is 28.7 Å². The van der Waals surface area contributed by atoms with E-state index in [0.717, 1.165) is 29.8 Å². The number of likely N-dealkylation sites (N-methyl/N-ethyl adjacent to an activating group) is 1. The molecule has 124 valence electrons. The first kappa shape index (κ1) is 19.1. The Morgan fingerprint density at radius 1 is 1.23 bits per heavy atom. The summed E-state index contributed by atoms with van der Waals surface area (Å²) in [5, 5.41) is 0. The third-order valence-electron chi connectivity index (χ3n) is 3.68. The Balaban J connectivity index is 2.92. The SMILES string of the molecule is CCO[C@H](C)C(=O)N(CCN(CC)CC)c1cccc(Br)c1. The molecule has 0 N–H and O–H groups in total. The zero-order chi connectivity index (χ0) is 16.5. The Kier molecular flexibility index (Phi) is 8.68. The lowest BCUT2D eigenvalue weighted by atomic mass is 10.2. The number of amides is 1. The maximum Gasteiger partial charge on any atom is 0.255 e. The summed E-state index contributed by atoms with van der Waals surface area (Å²) in [7, 11) is 0. The summed E-state index contributed by atoms with van der Waals surface area (Å²) in [5.74, 6) is 0.00658. The second-order valence-electron chi connectivity index (χ2n) is 5.09. The molecule has 1 aromatic rings. The smallest absolute Gasteiger partial charge is 0.255 e. The average molecular weight is 371 g/mol. The van der Waals surface area contributed by atoms with Crippen LogP contribution < -0.4 is 4.90 Å². The van der Waals surface area contributed by atoms with Crippen molar-refractivity contribution in [3.05, 3.63) is 28.7 Å². The standard InChI is InChI=1S/C17H27BrN2O2/c1-5-19(6-2)11-12-20(17(21)14(4)22-7-3)16-10-8-9-15(18)13-16/h8-10,13-14H,5-7,11-12H2,1-4H3/t14-/m1/s1. The first-order valence-electron chi connectivity index (χ1n) is 7.94. The lowest BCUT2D eigenvalue weighted by Crippen LogP contribution is -2.43. The van der Waals surface area contributed by atoms with Gasteiger partial charge in [0.05, 0.1) is 0 Å². The monoisotopic (exact) mass is 370 g/mol. The summed E-state index contributed by atoms with van der Waals surface area (Å²) in [6.07, 6.45) is -0.430. The molecule has 0 fully saturated rings. The molecule has 0 aliphatic rings. The van der Waals surface area contributed by atoms with E-state index in [-0.39, 0.29) is 5.91 Å². The molecule has 0 saturated carbocycles. The average Bonchev–Trinajstić information content (AvgIpc) is 2.51. The van der Waals surface area contributed by atoms with E-state index in [1.54, 1.807) is 0 Å². The van der Waals surface area contributed by atoms with Crippen molar-refractivity contribution in [2.45, 2.75) is 33.8 Å². The molecule has 0 unspecified atom stereocenters. The second kappa shape index (κ2) is 9.98. The van der Waals surface area contributed by atoms with Crippen molar-refractivity contribution < 1.29 is 9.53 Å². The van der Waals surface area contributed by atoms with Crippen LogP contribution in [0, 0.1) is 0 Å². The van der Waals surface area contributed by atoms with Gasteiger partial charge in [0.2, 0.25) is 0 Å². The molecule has 22 heavy (non-hydrogen) atoms. The molecule has 5 heteroatoms. The van der Waals surface area contributed by atoms with Gasteiger partial charge in [0.1, 0.15) is 6.10 Å². The van der Waals surface area contributed by atoms with E-state index in [2.05, 4.69) is 34.7 Å². The Hall–Kier alpha value is -0.910. The molecule has 0 saturated heterocycles. The van der Waals surface area contributed by atoms with Gasteiger partial charge in [0.25, 0.3) is 5.91 Å². The van der Waals surface area contributed by atoms with Gasteiger partial charge < -0.3 is 14.5 Å². The predicted molar refractivity (Wildman–Crippen MR) is 95.4 cm³/mol. The van der Waals surface area contributed by atoms with E-state index in [9.17, 15) is 4.79 Å². The van der Waals surface area contributed by atoms with Gasteiger partial charge in [0.15, 0.2) is 0 Å². The lowest BCUT2D eigenvalue weighted by Gasteiger charge is -2.28. The van der Waals surface area contributed by atoms with E-state index >= 15 is 0 Å². The second-order valence-corrected chi connectivity index (χ2v) is 6.01. The van der Waals surface area contributed by atoms with Gasteiger partial charge in [0, 0.05) is 29.9 Å². The predicted octanol–water partition coefficient (Wildman–Crippen LogP) is 3.55. The highest BCUT2D eigenvalue weighted by Gasteiger charge is 2.22. The molecule has 1 aromatic carbocycles. The van der Waals surface area contributed by atoms with Crippen molar-refractivity contribution in [2.75, 3.05) is 37.7 Å². The van der Waals surface area contributed by atoms with Crippen LogP contribution in [0.4, 0.5) is 5.69 Å². The van der Waals surface area contributed by atoms with Gasteiger partial charge in [-0.15, -0.1) is 0 Å². The van der Waals surface area contributed by atoms with E-state index in [0.29, 0.717) is 13.2 Å². The minimum Gasteiger partial charge on any atom is -0.369 e. The summed E-state index contributed by atoms with van der Waals surface area (Å²) in [6, 6.07) is 7.84. The molecule has 1 atom stereocenters. The fraction of sp³-hybridized carbons (Fsp3) is 0.588. The van der Waals surface area contributed by atoms with E-state index in [4.69, 9.17) is 4.74 Å². The minimum absolute atomic E-state index is 0.00658. The van der Waals surface area contributed by atoms with Gasteiger partial charge >= 0.3 is 0 Å². The molecule has 0 spiro atoms. The number of hydrogen-bond donors (Lipinski definition) is 0. The maximum atomic E-state index is 12.7. The highest BCUT2D eigenvalue weighted by molar-refractivity contribution is 9.10. The van der Waals surface area contributed by atoms with Gasteiger partial charge in [-0.3, -0.25) is 4.79 Å². The third-order valence-corrected chi connectivity index (χ3v) is 4.18. The van der Waals surface area contributed by atoms with Crippen molar-refractivity contribution in [1.29, 1.82) is 0 Å². The number of ether oxygens (including phenoxy) is 1. The van der Waals surface area contributed by atoms with E-state index in [1.807, 2.05) is 43.0 Å². The van der Waals surface area contributed by atoms with Crippen molar-refractivity contribution >= 4 is 27.5 Å². The number of benzene rings is 1. The van der Waals surface area contributed by atoms with Crippen molar-refractivity contribution in [3.63, 3.8) is 0 Å². The number of anilines is 1. The zero-order valence-electron chi connectivity index (χ0n) is 14.0. The molecule has 1 rings (SSSR count). The molecular formula is C17H27BrN2O2. The summed E-state index contributed by atoms with van der Waals surface area (Å²) in [4.78, 5) is 16.8. The van der Waals surface area contributed by atoms with Crippen molar-refractivity contribution in [3.8, 4) is 0 Å². The van der Waals surface area contributed by atoms with Gasteiger partial charge in [-0.05, 0) is 45.1 Å². The number of carbonyl (C=O) groups excluding carboxylic acids is 1. The van der Waals surface area contributed by atoms with Crippen LogP contribution in [0.2, 0.25) is 0 Å². The van der Waals surface area contributed by atoms with Crippen LogP contribution >= 0.6 is 15.9 Å². The minimum atomic E-state index is -0.430. The van der Waals surface area contributed by atoms with Crippen molar-refractivity contribution in [1.82, 2.24) is 4.90 Å². The van der Waals surface area contributed by atoms with Gasteiger partial charge in [-0.25, -0.2) is 0 Å². The molecular weight excluding hydrogens is 344 g/mol. The number of halogens is 1. The molecule has 1 amide bonds. The maximum absolute atomic E-state index is 12.7. The molecule has 0 aliphatic carbocycles. The molecule has 0 radical (unpaired) electrons. The van der Waals surface area contributed by atoms with Crippen LogP contribution in [0.3, 0.4) is 0 Å². The molecule has 0 aromatic heterocycles. The highest BCUT2D eigenvalue weighted by Crippen LogP contribution is 2.21. The summed E-state index contributed by atoms with van der Waals surface area (Å²) in [6.45, 7) is 12.0. The van der Waals surface area contributed by atoms with Crippen LogP contribution in [0.5, 0.6) is 0 Å². The Morgan fingerprint density at radius 2 is 1.91 bits per heavy atom. The summed E-state index contributed by atoms with van der Waals surface area (Å²) >= 11 is 3.48. The number of nitrogens with zero attached hydrogens (tertiary/aromatic N) is 2. The number of carbonyl (C=O) groups is 1. The largest absolute Gasteiger partial charge is 0.369 e. The van der Waals surface area contributed by atoms with Gasteiger partial charge in [-0.1, -0.05) is 35.8 Å². The topological polar surface area (TPSA) is 32.8 Å². The van der Waals surface area contributed by atoms with Gasteiger partial charge in [-0.2, -0.15) is 0 Å². The Bertz CT molecular complexity index is 464. The summed E-state index contributed by atoms with van der Waals surface area (Å²) in [5.41, 5.74) is 0.901. The van der Waals surface area contributed by atoms with Crippen LogP contribution in [-0.2, 0) is 9.53 Å². The molecule has 0 heterocycles. The fourth-order valence-corrected chi connectivity index (χ4v) is 2.72. The summed E-state index contributed by atoms with van der Waals surface area (Å²) < 4.78 is 6.45. The zero-order valence-corrected chi connectivity index (χ0v) is 15.6. The van der Waals surface area contributed by atoms with Crippen molar-refractivity contribution in [2.24, 2.45) is 0 Å². The number of hydrogen-bond acceptors (Lipinski definition) is 3. The number of rotatable bonds is 9. The third kappa shape index (κ3) is 5.71. The fourth-order valence-electron chi connectivity index (χ4n) is 2.33. The first-order valence-corrected chi connectivity index (χ1v) is 8.73. The molecule has 0 bridgehead atoms. The molecule has 0 aliphatic heterocycles.